The van der Waals surface area contributed by atoms with Gasteiger partial charge >= 0.3 is 0 Å². The van der Waals surface area contributed by atoms with Crippen LogP contribution in [0.2, 0.25) is 0 Å². The molecule has 0 aliphatic heterocycles. The monoisotopic (exact) mass is 221 g/mol. The van der Waals surface area contributed by atoms with Crippen LogP contribution in [0.15, 0.2) is 24.3 Å². The molecular formula is C12H13FNP. The van der Waals surface area contributed by atoms with Crippen LogP contribution in [0.1, 0.15) is 18.2 Å². The zero-order valence-corrected chi connectivity index (χ0v) is 9.78. The molecule has 0 amide bonds. The van der Waals surface area contributed by atoms with Crippen LogP contribution in [-0.4, -0.2) is 4.98 Å². The zero-order valence-electron chi connectivity index (χ0n) is 8.63. The van der Waals surface area contributed by atoms with Crippen molar-refractivity contribution in [1.29, 1.82) is 0 Å². The number of nitrogens with zero attached hydrogens (tertiary/aromatic N) is 1. The van der Waals surface area contributed by atoms with Gasteiger partial charge in [-0.1, -0.05) is 6.92 Å². The number of hydrogen-bond acceptors (Lipinski definition) is 1. The Morgan fingerprint density at radius 3 is 2.80 bits per heavy atom. The molecule has 1 heterocycles. The quantitative estimate of drug-likeness (QED) is 0.709. The van der Waals surface area contributed by atoms with E-state index < -0.39 is 0 Å². The Kier molecular flexibility index (Phi) is 2.97. The predicted octanol–water partition coefficient (Wildman–Crippen LogP) is 3.31. The number of halogens is 1. The van der Waals surface area contributed by atoms with Gasteiger partial charge in [0.25, 0.3) is 0 Å². The molecule has 1 aromatic carbocycles. The molecule has 0 fully saturated rings. The molecular weight excluding hydrogens is 208 g/mol. The van der Waals surface area contributed by atoms with Gasteiger partial charge in [0, 0.05) is 23.3 Å². The molecule has 1 aromatic heterocycles. The van der Waals surface area contributed by atoms with E-state index in [1.807, 2.05) is 6.07 Å². The standard InChI is InChI=1S/C12H13FNP/c1-2-8-5-10(7-15)14-12-6-9(13)3-4-11(8)12/h3-6H,2,7,15H2,1H3. The lowest BCUT2D eigenvalue weighted by molar-refractivity contribution is 0.629. The zero-order chi connectivity index (χ0) is 10.8. The van der Waals surface area contributed by atoms with Crippen molar-refractivity contribution in [2.24, 2.45) is 0 Å². The minimum Gasteiger partial charge on any atom is -0.252 e. The molecule has 0 spiro atoms. The number of fused-ring (bicyclic) bond motifs is 1. The topological polar surface area (TPSA) is 12.9 Å². The Morgan fingerprint density at radius 1 is 1.33 bits per heavy atom. The van der Waals surface area contributed by atoms with E-state index in [1.54, 1.807) is 0 Å². The summed E-state index contributed by atoms with van der Waals surface area (Å²) in [6.45, 7) is 2.10. The molecule has 2 rings (SSSR count). The molecule has 78 valence electrons. The second-order valence-corrected chi connectivity index (χ2v) is 3.90. The van der Waals surface area contributed by atoms with Crippen molar-refractivity contribution >= 4 is 20.1 Å². The minimum atomic E-state index is -0.224. The number of aromatic nitrogens is 1. The van der Waals surface area contributed by atoms with Crippen LogP contribution < -0.4 is 0 Å². The van der Waals surface area contributed by atoms with Crippen LogP contribution in [-0.2, 0) is 12.6 Å². The Bertz CT molecular complexity index is 496. The summed E-state index contributed by atoms with van der Waals surface area (Å²) in [5.41, 5.74) is 2.99. The Balaban J connectivity index is 2.74. The molecule has 1 unspecified atom stereocenters. The fourth-order valence-corrected chi connectivity index (χ4v) is 1.94. The van der Waals surface area contributed by atoms with E-state index >= 15 is 0 Å². The molecule has 0 N–H and O–H groups in total. The molecule has 0 aliphatic rings. The fourth-order valence-electron chi connectivity index (χ4n) is 1.73. The number of hydrogen-bond donors (Lipinski definition) is 0. The Hall–Kier alpha value is -1.01. The fraction of sp³-hybridized carbons (Fsp3) is 0.250. The third kappa shape index (κ3) is 2.00. The van der Waals surface area contributed by atoms with Crippen LogP contribution in [0.3, 0.4) is 0 Å². The van der Waals surface area contributed by atoms with E-state index in [0.29, 0.717) is 0 Å². The molecule has 2 aromatic rings. The molecule has 1 atom stereocenters. The maximum absolute atomic E-state index is 13.1. The first-order valence-electron chi connectivity index (χ1n) is 5.02. The first kappa shape index (κ1) is 10.5. The lowest BCUT2D eigenvalue weighted by atomic mass is 10.1. The highest BCUT2D eigenvalue weighted by Gasteiger charge is 2.04. The highest BCUT2D eigenvalue weighted by atomic mass is 31.0. The molecule has 0 saturated heterocycles. The number of benzene rings is 1. The summed E-state index contributed by atoms with van der Waals surface area (Å²) in [4.78, 5) is 4.40. The second-order valence-electron chi connectivity index (χ2n) is 3.49. The Morgan fingerprint density at radius 2 is 2.13 bits per heavy atom. The van der Waals surface area contributed by atoms with Gasteiger partial charge in [0.2, 0.25) is 0 Å². The lowest BCUT2D eigenvalue weighted by Crippen LogP contribution is -1.93. The third-order valence-electron chi connectivity index (χ3n) is 2.50. The summed E-state index contributed by atoms with van der Waals surface area (Å²) in [6, 6.07) is 6.89. The van der Waals surface area contributed by atoms with Gasteiger partial charge in [-0.05, 0) is 30.2 Å². The summed E-state index contributed by atoms with van der Waals surface area (Å²) in [5, 5.41) is 1.06. The summed E-state index contributed by atoms with van der Waals surface area (Å²) in [7, 11) is 2.64. The van der Waals surface area contributed by atoms with E-state index in [0.717, 1.165) is 29.2 Å². The van der Waals surface area contributed by atoms with Gasteiger partial charge in [-0.15, -0.1) is 9.24 Å². The van der Waals surface area contributed by atoms with Crippen LogP contribution in [0.4, 0.5) is 4.39 Å². The van der Waals surface area contributed by atoms with Crippen molar-refractivity contribution in [2.75, 3.05) is 0 Å². The maximum Gasteiger partial charge on any atom is 0.125 e. The molecule has 1 nitrogen and oxygen atoms in total. The average Bonchev–Trinajstić information content (AvgIpc) is 2.26. The van der Waals surface area contributed by atoms with E-state index in [-0.39, 0.29) is 5.82 Å². The summed E-state index contributed by atoms with van der Waals surface area (Å²) in [6.07, 6.45) is 1.75. The number of rotatable bonds is 2. The van der Waals surface area contributed by atoms with Crippen molar-refractivity contribution in [1.82, 2.24) is 4.98 Å². The van der Waals surface area contributed by atoms with E-state index in [9.17, 15) is 4.39 Å². The van der Waals surface area contributed by atoms with Crippen molar-refractivity contribution in [3.8, 4) is 0 Å². The van der Waals surface area contributed by atoms with E-state index in [4.69, 9.17) is 0 Å². The highest BCUT2D eigenvalue weighted by molar-refractivity contribution is 7.15. The molecule has 15 heavy (non-hydrogen) atoms. The van der Waals surface area contributed by atoms with Gasteiger partial charge in [0.15, 0.2) is 0 Å². The highest BCUT2D eigenvalue weighted by Crippen LogP contribution is 2.21. The van der Waals surface area contributed by atoms with Gasteiger partial charge in [-0.25, -0.2) is 4.39 Å². The smallest absolute Gasteiger partial charge is 0.125 e. The molecule has 3 heteroatoms. The van der Waals surface area contributed by atoms with Crippen LogP contribution >= 0.6 is 9.24 Å². The predicted molar refractivity (Wildman–Crippen MR) is 64.5 cm³/mol. The van der Waals surface area contributed by atoms with Crippen molar-refractivity contribution < 1.29 is 4.39 Å². The largest absolute Gasteiger partial charge is 0.252 e. The van der Waals surface area contributed by atoms with Gasteiger partial charge in [-0.2, -0.15) is 0 Å². The number of pyridine rings is 1. The molecule has 0 aliphatic carbocycles. The first-order valence-corrected chi connectivity index (χ1v) is 5.84. The SMILES string of the molecule is CCc1cc(CP)nc2cc(F)ccc12. The van der Waals surface area contributed by atoms with Crippen LogP contribution in [0, 0.1) is 5.82 Å². The number of aryl methyl sites for hydroxylation is 1. The van der Waals surface area contributed by atoms with E-state index in [1.165, 1.54) is 17.7 Å². The van der Waals surface area contributed by atoms with Crippen LogP contribution in [0.5, 0.6) is 0 Å². The molecule has 0 radical (unpaired) electrons. The van der Waals surface area contributed by atoms with Gasteiger partial charge < -0.3 is 0 Å². The summed E-state index contributed by atoms with van der Waals surface area (Å²) in [5.74, 6) is -0.224. The van der Waals surface area contributed by atoms with Crippen molar-refractivity contribution in [3.63, 3.8) is 0 Å². The van der Waals surface area contributed by atoms with Crippen molar-refractivity contribution in [3.05, 3.63) is 41.3 Å². The third-order valence-corrected chi connectivity index (χ3v) is 2.92. The maximum atomic E-state index is 13.1. The Labute approximate surface area is 90.9 Å². The summed E-state index contributed by atoms with van der Waals surface area (Å²) >= 11 is 0. The van der Waals surface area contributed by atoms with Gasteiger partial charge in [0.1, 0.15) is 5.82 Å². The second kappa shape index (κ2) is 4.24. The molecule has 0 bridgehead atoms. The normalized spacial score (nSPS) is 10.9. The van der Waals surface area contributed by atoms with Crippen LogP contribution in [0.25, 0.3) is 10.9 Å². The van der Waals surface area contributed by atoms with Gasteiger partial charge in [0.05, 0.1) is 5.52 Å². The van der Waals surface area contributed by atoms with E-state index in [2.05, 4.69) is 27.2 Å². The molecule has 0 saturated carbocycles. The minimum absolute atomic E-state index is 0.224. The summed E-state index contributed by atoms with van der Waals surface area (Å²) < 4.78 is 13.1. The lowest BCUT2D eigenvalue weighted by Gasteiger charge is -2.06. The van der Waals surface area contributed by atoms with Gasteiger partial charge in [-0.3, -0.25) is 4.98 Å². The average molecular weight is 221 g/mol. The first-order chi connectivity index (χ1) is 7.24. The van der Waals surface area contributed by atoms with Crippen molar-refractivity contribution in [2.45, 2.75) is 19.5 Å².